The van der Waals surface area contributed by atoms with Crippen molar-refractivity contribution in [1.29, 1.82) is 0 Å². The molecule has 116 valence electrons. The number of ether oxygens (including phenoxy) is 2. The predicted molar refractivity (Wildman–Crippen MR) is 77.1 cm³/mol. The zero-order valence-corrected chi connectivity index (χ0v) is 13.0. The second-order valence-corrected chi connectivity index (χ2v) is 6.69. The van der Waals surface area contributed by atoms with Gasteiger partial charge in [-0.3, -0.25) is 9.59 Å². The number of methoxy groups -OCH3 is 2. The summed E-state index contributed by atoms with van der Waals surface area (Å²) in [7, 11) is -0.880. The van der Waals surface area contributed by atoms with Crippen LogP contribution in [0.15, 0.2) is 18.2 Å². The Kier molecular flexibility index (Phi) is 5.90. The molecule has 1 aromatic carbocycles. The van der Waals surface area contributed by atoms with E-state index in [1.165, 1.54) is 27.2 Å². The monoisotopic (exact) mass is 314 g/mol. The number of carbonyl (C=O) groups excluding carboxylic acids is 2. The van der Waals surface area contributed by atoms with Gasteiger partial charge >= 0.3 is 5.97 Å². The van der Waals surface area contributed by atoms with Crippen LogP contribution in [0.3, 0.4) is 0 Å². The van der Waals surface area contributed by atoms with E-state index in [-0.39, 0.29) is 23.7 Å². The lowest BCUT2D eigenvalue weighted by molar-refractivity contribution is -0.140. The molecule has 0 heterocycles. The fraction of sp³-hybridized carbons (Fsp3) is 0.429. The summed E-state index contributed by atoms with van der Waals surface area (Å²) in [5, 5.41) is 0. The van der Waals surface area contributed by atoms with Crippen LogP contribution < -0.4 is 4.74 Å². The second kappa shape index (κ2) is 7.21. The number of Topliss-reactive ketones (excluding diaryl/α,β-unsaturated/α-hetero) is 1. The van der Waals surface area contributed by atoms with Gasteiger partial charge in [-0.15, -0.1) is 0 Å². The van der Waals surface area contributed by atoms with Gasteiger partial charge in [-0.25, -0.2) is 8.42 Å². The van der Waals surface area contributed by atoms with Gasteiger partial charge in [0.25, 0.3) is 0 Å². The molecule has 0 N–H and O–H groups in total. The third-order valence-electron chi connectivity index (χ3n) is 2.91. The Hall–Kier alpha value is -1.89. The summed E-state index contributed by atoms with van der Waals surface area (Å²) >= 11 is 0. The van der Waals surface area contributed by atoms with E-state index in [4.69, 9.17) is 4.74 Å². The van der Waals surface area contributed by atoms with E-state index in [9.17, 15) is 18.0 Å². The molecule has 0 spiro atoms. The number of hydrogen-bond acceptors (Lipinski definition) is 6. The molecule has 0 aromatic heterocycles. The van der Waals surface area contributed by atoms with Crippen molar-refractivity contribution >= 4 is 21.6 Å². The Bertz CT molecular complexity index is 633. The number of rotatable bonds is 7. The average molecular weight is 314 g/mol. The molecule has 0 aliphatic rings. The van der Waals surface area contributed by atoms with E-state index in [0.717, 1.165) is 0 Å². The summed E-state index contributed by atoms with van der Waals surface area (Å²) in [6.45, 7) is 1.40. The molecule has 0 amide bonds. The summed E-state index contributed by atoms with van der Waals surface area (Å²) in [6, 6.07) is 4.63. The average Bonchev–Trinajstić information content (AvgIpc) is 2.44. The van der Waals surface area contributed by atoms with Crippen LogP contribution in [0.5, 0.6) is 5.75 Å². The van der Waals surface area contributed by atoms with E-state index in [2.05, 4.69) is 4.74 Å². The van der Waals surface area contributed by atoms with Gasteiger partial charge < -0.3 is 9.47 Å². The van der Waals surface area contributed by atoms with Crippen LogP contribution in [-0.4, -0.2) is 40.1 Å². The van der Waals surface area contributed by atoms with Crippen molar-refractivity contribution in [2.75, 3.05) is 20.0 Å². The lowest BCUT2D eigenvalue weighted by Gasteiger charge is -2.10. The summed E-state index contributed by atoms with van der Waals surface area (Å²) in [5.41, 5.74) is 0.809. The van der Waals surface area contributed by atoms with Crippen molar-refractivity contribution in [1.82, 2.24) is 0 Å². The third-order valence-corrected chi connectivity index (χ3v) is 4.48. The third kappa shape index (κ3) is 5.18. The lowest BCUT2D eigenvalue weighted by atomic mass is 10.1. The van der Waals surface area contributed by atoms with Crippen molar-refractivity contribution < 1.29 is 27.5 Å². The van der Waals surface area contributed by atoms with E-state index in [1.54, 1.807) is 12.1 Å². The molecule has 0 radical (unpaired) electrons. The number of benzene rings is 1. The Morgan fingerprint density at radius 1 is 1.19 bits per heavy atom. The molecule has 7 heteroatoms. The Labute approximate surface area is 124 Å². The maximum atomic E-state index is 12.0. The molecule has 1 rings (SSSR count). The highest BCUT2D eigenvalue weighted by Gasteiger charge is 2.18. The zero-order chi connectivity index (χ0) is 16.0. The van der Waals surface area contributed by atoms with Gasteiger partial charge in [-0.2, -0.15) is 0 Å². The number of ketones is 1. The number of hydrogen-bond donors (Lipinski definition) is 0. The van der Waals surface area contributed by atoms with Crippen molar-refractivity contribution in [3.8, 4) is 5.75 Å². The molecule has 0 unspecified atom stereocenters. The predicted octanol–water partition coefficient (Wildman–Crippen LogP) is 1.38. The molecule has 0 aliphatic carbocycles. The Morgan fingerprint density at radius 3 is 2.38 bits per heavy atom. The largest absolute Gasteiger partial charge is 0.496 e. The van der Waals surface area contributed by atoms with Gasteiger partial charge in [0.15, 0.2) is 15.6 Å². The summed E-state index contributed by atoms with van der Waals surface area (Å²) < 4.78 is 33.6. The van der Waals surface area contributed by atoms with Gasteiger partial charge in [0, 0.05) is 11.1 Å². The molecule has 0 saturated heterocycles. The van der Waals surface area contributed by atoms with Gasteiger partial charge in [0.05, 0.1) is 32.1 Å². The highest BCUT2D eigenvalue weighted by atomic mass is 32.2. The van der Waals surface area contributed by atoms with Crippen LogP contribution in [0.25, 0.3) is 0 Å². The number of sulfone groups is 1. The lowest BCUT2D eigenvalue weighted by Crippen LogP contribution is -2.14. The topological polar surface area (TPSA) is 86.7 Å². The Morgan fingerprint density at radius 2 is 1.86 bits per heavy atom. The number of esters is 1. The minimum atomic E-state index is -3.51. The molecule has 1 aromatic rings. The molecule has 6 nitrogen and oxygen atoms in total. The van der Waals surface area contributed by atoms with Crippen LogP contribution in [0.1, 0.15) is 29.3 Å². The van der Waals surface area contributed by atoms with Crippen LogP contribution in [0.2, 0.25) is 0 Å². The van der Waals surface area contributed by atoms with E-state index >= 15 is 0 Å². The Balaban J connectivity index is 2.97. The minimum Gasteiger partial charge on any atom is -0.496 e. The fourth-order valence-corrected chi connectivity index (χ4v) is 3.08. The highest BCUT2D eigenvalue weighted by molar-refractivity contribution is 7.90. The van der Waals surface area contributed by atoms with E-state index in [1.807, 2.05) is 0 Å². The zero-order valence-electron chi connectivity index (χ0n) is 12.2. The van der Waals surface area contributed by atoms with Gasteiger partial charge in [0.1, 0.15) is 5.75 Å². The summed E-state index contributed by atoms with van der Waals surface area (Å²) in [5.74, 6) is -0.961. The molecule has 0 bridgehead atoms. The summed E-state index contributed by atoms with van der Waals surface area (Å²) in [4.78, 5) is 22.4. The smallest absolute Gasteiger partial charge is 0.306 e. The van der Waals surface area contributed by atoms with Crippen LogP contribution in [0, 0.1) is 0 Å². The van der Waals surface area contributed by atoms with Crippen LogP contribution in [-0.2, 0) is 25.1 Å². The van der Waals surface area contributed by atoms with Gasteiger partial charge in [0.2, 0.25) is 0 Å². The first-order chi connectivity index (χ1) is 9.79. The maximum Gasteiger partial charge on any atom is 0.306 e. The molecular formula is C14H18O6S. The molecule has 0 atom stereocenters. The second-order valence-electron chi connectivity index (χ2n) is 4.50. The first-order valence-corrected chi connectivity index (χ1v) is 8.06. The SMILES string of the molecule is COC(=O)CCS(=O)(=O)Cc1cc(C(C)=O)ccc1OC. The van der Waals surface area contributed by atoms with Gasteiger partial charge in [-0.05, 0) is 25.1 Å². The van der Waals surface area contributed by atoms with Crippen LogP contribution in [0.4, 0.5) is 0 Å². The molecule has 0 fully saturated rings. The summed E-state index contributed by atoms with van der Waals surface area (Å²) in [6.07, 6.45) is -0.201. The van der Waals surface area contributed by atoms with Crippen molar-refractivity contribution in [3.63, 3.8) is 0 Å². The number of carbonyl (C=O) groups is 2. The minimum absolute atomic E-state index is 0.161. The van der Waals surface area contributed by atoms with Crippen molar-refractivity contribution in [3.05, 3.63) is 29.3 Å². The molecule has 21 heavy (non-hydrogen) atoms. The van der Waals surface area contributed by atoms with E-state index < -0.39 is 15.8 Å². The molecule has 0 aliphatic heterocycles. The van der Waals surface area contributed by atoms with Crippen molar-refractivity contribution in [2.45, 2.75) is 19.1 Å². The van der Waals surface area contributed by atoms with Crippen LogP contribution >= 0.6 is 0 Å². The fourth-order valence-electron chi connectivity index (χ4n) is 1.76. The normalized spacial score (nSPS) is 11.0. The van der Waals surface area contributed by atoms with E-state index in [0.29, 0.717) is 16.9 Å². The molecular weight excluding hydrogens is 296 g/mol. The first-order valence-electron chi connectivity index (χ1n) is 6.24. The van der Waals surface area contributed by atoms with Crippen molar-refractivity contribution in [2.24, 2.45) is 0 Å². The highest BCUT2D eigenvalue weighted by Crippen LogP contribution is 2.23. The first kappa shape index (κ1) is 17.2. The maximum absolute atomic E-state index is 12.0. The molecule has 0 saturated carbocycles. The van der Waals surface area contributed by atoms with Gasteiger partial charge in [-0.1, -0.05) is 0 Å². The quantitative estimate of drug-likeness (QED) is 0.558. The standard InChI is InChI=1S/C14H18O6S/c1-10(15)11-4-5-13(19-2)12(8-11)9-21(17,18)7-6-14(16)20-3/h4-5,8H,6-7,9H2,1-3H3.